The van der Waals surface area contributed by atoms with Gasteiger partial charge in [-0.2, -0.15) is 0 Å². The van der Waals surface area contributed by atoms with E-state index in [-0.39, 0.29) is 0 Å². The SMILES string of the molecule is CC(C)C(C)Sc1ccncc1N. The number of thioether (sulfide) groups is 1. The predicted molar refractivity (Wildman–Crippen MR) is 58.8 cm³/mol. The fourth-order valence-electron chi connectivity index (χ4n) is 0.838. The van der Waals surface area contributed by atoms with Gasteiger partial charge in [-0.05, 0) is 12.0 Å². The van der Waals surface area contributed by atoms with E-state index in [0.717, 1.165) is 10.6 Å². The average Bonchev–Trinajstić information content (AvgIpc) is 2.08. The van der Waals surface area contributed by atoms with Crippen LogP contribution in [0.1, 0.15) is 20.8 Å². The lowest BCUT2D eigenvalue weighted by Gasteiger charge is -2.15. The Bertz CT molecular complexity index is 273. The molecule has 1 heterocycles. The molecule has 1 rings (SSSR count). The minimum Gasteiger partial charge on any atom is -0.397 e. The Morgan fingerprint density at radius 3 is 2.62 bits per heavy atom. The lowest BCUT2D eigenvalue weighted by molar-refractivity contribution is 0.642. The van der Waals surface area contributed by atoms with E-state index in [1.54, 1.807) is 12.4 Å². The molecule has 0 aliphatic heterocycles. The Morgan fingerprint density at radius 2 is 2.08 bits per heavy atom. The quantitative estimate of drug-likeness (QED) is 0.755. The first-order valence-electron chi connectivity index (χ1n) is 4.47. The first-order chi connectivity index (χ1) is 6.11. The Hall–Kier alpha value is -0.700. The van der Waals surface area contributed by atoms with Gasteiger partial charge in [-0.1, -0.05) is 20.8 Å². The van der Waals surface area contributed by atoms with Crippen LogP contribution in [0.4, 0.5) is 5.69 Å². The Morgan fingerprint density at radius 1 is 1.38 bits per heavy atom. The van der Waals surface area contributed by atoms with Crippen molar-refractivity contribution in [3.63, 3.8) is 0 Å². The van der Waals surface area contributed by atoms with Crippen LogP contribution >= 0.6 is 11.8 Å². The summed E-state index contributed by atoms with van der Waals surface area (Å²) in [6.07, 6.45) is 3.49. The average molecular weight is 196 g/mol. The highest BCUT2D eigenvalue weighted by molar-refractivity contribution is 8.00. The maximum atomic E-state index is 5.79. The van der Waals surface area contributed by atoms with Gasteiger partial charge in [-0.25, -0.2) is 0 Å². The van der Waals surface area contributed by atoms with Gasteiger partial charge in [0.1, 0.15) is 0 Å². The molecule has 0 fully saturated rings. The monoisotopic (exact) mass is 196 g/mol. The molecule has 0 aliphatic carbocycles. The van der Waals surface area contributed by atoms with E-state index in [1.165, 1.54) is 0 Å². The standard InChI is InChI=1S/C10H16N2S/c1-7(2)8(3)13-10-4-5-12-6-9(10)11/h4-8H,11H2,1-3H3. The summed E-state index contributed by atoms with van der Waals surface area (Å²) in [4.78, 5) is 5.09. The summed E-state index contributed by atoms with van der Waals surface area (Å²) in [6, 6.07) is 1.97. The van der Waals surface area contributed by atoms with E-state index < -0.39 is 0 Å². The second-order valence-corrected chi connectivity index (χ2v) is 4.90. The van der Waals surface area contributed by atoms with Crippen molar-refractivity contribution in [2.24, 2.45) is 5.92 Å². The zero-order valence-electron chi connectivity index (χ0n) is 8.32. The van der Waals surface area contributed by atoms with Crippen LogP contribution in [0.15, 0.2) is 23.4 Å². The Kier molecular flexibility index (Phi) is 3.60. The second kappa shape index (κ2) is 4.51. The van der Waals surface area contributed by atoms with Crippen molar-refractivity contribution in [1.29, 1.82) is 0 Å². The van der Waals surface area contributed by atoms with Crippen molar-refractivity contribution in [2.75, 3.05) is 5.73 Å². The molecular weight excluding hydrogens is 180 g/mol. The van der Waals surface area contributed by atoms with Gasteiger partial charge in [0.15, 0.2) is 0 Å². The number of rotatable bonds is 3. The molecule has 0 aliphatic rings. The van der Waals surface area contributed by atoms with E-state index in [0.29, 0.717) is 11.2 Å². The highest BCUT2D eigenvalue weighted by Gasteiger charge is 2.10. The maximum Gasteiger partial charge on any atom is 0.0638 e. The molecule has 13 heavy (non-hydrogen) atoms. The summed E-state index contributed by atoms with van der Waals surface area (Å²) in [6.45, 7) is 6.65. The molecule has 72 valence electrons. The van der Waals surface area contributed by atoms with Crippen LogP contribution in [-0.2, 0) is 0 Å². The Balaban J connectivity index is 2.69. The fourth-order valence-corrected chi connectivity index (χ4v) is 1.84. The molecule has 2 N–H and O–H groups in total. The highest BCUT2D eigenvalue weighted by Crippen LogP contribution is 2.30. The number of pyridine rings is 1. The third kappa shape index (κ3) is 2.92. The number of aromatic nitrogens is 1. The lowest BCUT2D eigenvalue weighted by atomic mass is 10.2. The van der Waals surface area contributed by atoms with E-state index in [1.807, 2.05) is 17.8 Å². The molecule has 1 aromatic rings. The zero-order valence-corrected chi connectivity index (χ0v) is 9.14. The third-order valence-corrected chi connectivity index (χ3v) is 3.60. The van der Waals surface area contributed by atoms with Crippen LogP contribution in [0, 0.1) is 5.92 Å². The molecule has 3 heteroatoms. The van der Waals surface area contributed by atoms with Crippen molar-refractivity contribution in [3.05, 3.63) is 18.5 Å². The number of nitrogens with two attached hydrogens (primary N) is 1. The second-order valence-electron chi connectivity index (χ2n) is 3.48. The molecule has 1 unspecified atom stereocenters. The molecule has 1 aromatic heterocycles. The maximum absolute atomic E-state index is 5.79. The van der Waals surface area contributed by atoms with Crippen LogP contribution in [-0.4, -0.2) is 10.2 Å². The van der Waals surface area contributed by atoms with Crippen LogP contribution in [0.2, 0.25) is 0 Å². The minimum absolute atomic E-state index is 0.588. The van der Waals surface area contributed by atoms with E-state index in [2.05, 4.69) is 25.8 Å². The van der Waals surface area contributed by atoms with E-state index in [9.17, 15) is 0 Å². The van der Waals surface area contributed by atoms with Gasteiger partial charge in [0.05, 0.1) is 11.9 Å². The van der Waals surface area contributed by atoms with Gasteiger partial charge in [0.25, 0.3) is 0 Å². The topological polar surface area (TPSA) is 38.9 Å². The number of nitrogen functional groups attached to an aromatic ring is 1. The number of anilines is 1. The number of nitrogens with zero attached hydrogens (tertiary/aromatic N) is 1. The lowest BCUT2D eigenvalue weighted by Crippen LogP contribution is -2.05. The van der Waals surface area contributed by atoms with Crippen molar-refractivity contribution >= 4 is 17.4 Å². The molecule has 2 nitrogen and oxygen atoms in total. The van der Waals surface area contributed by atoms with Crippen LogP contribution in [0.25, 0.3) is 0 Å². The summed E-state index contributed by atoms with van der Waals surface area (Å²) >= 11 is 1.81. The summed E-state index contributed by atoms with van der Waals surface area (Å²) in [7, 11) is 0. The van der Waals surface area contributed by atoms with Crippen molar-refractivity contribution in [1.82, 2.24) is 4.98 Å². The van der Waals surface area contributed by atoms with Crippen LogP contribution in [0.3, 0.4) is 0 Å². The summed E-state index contributed by atoms with van der Waals surface area (Å²) in [5.74, 6) is 0.664. The van der Waals surface area contributed by atoms with Crippen LogP contribution in [0.5, 0.6) is 0 Å². The summed E-state index contributed by atoms with van der Waals surface area (Å²) in [5, 5.41) is 0.588. The molecule has 0 saturated heterocycles. The molecule has 0 spiro atoms. The first-order valence-corrected chi connectivity index (χ1v) is 5.35. The molecule has 1 atom stereocenters. The normalized spacial score (nSPS) is 13.2. The molecule has 0 bridgehead atoms. The summed E-state index contributed by atoms with van der Waals surface area (Å²) < 4.78 is 0. The first kappa shape index (κ1) is 10.4. The van der Waals surface area contributed by atoms with Gasteiger partial charge in [-0.15, -0.1) is 11.8 Å². The largest absolute Gasteiger partial charge is 0.397 e. The molecular formula is C10H16N2S. The number of hydrogen-bond donors (Lipinski definition) is 1. The van der Waals surface area contributed by atoms with Crippen molar-refractivity contribution in [2.45, 2.75) is 30.9 Å². The fraction of sp³-hybridized carbons (Fsp3) is 0.500. The van der Waals surface area contributed by atoms with Gasteiger partial charge in [-0.3, -0.25) is 4.98 Å². The van der Waals surface area contributed by atoms with Gasteiger partial charge >= 0.3 is 0 Å². The third-order valence-electron chi connectivity index (χ3n) is 2.06. The van der Waals surface area contributed by atoms with Crippen molar-refractivity contribution < 1.29 is 0 Å². The minimum atomic E-state index is 0.588. The van der Waals surface area contributed by atoms with Crippen molar-refractivity contribution in [3.8, 4) is 0 Å². The van der Waals surface area contributed by atoms with E-state index in [4.69, 9.17) is 5.73 Å². The Labute approximate surface area is 83.9 Å². The van der Waals surface area contributed by atoms with Gasteiger partial charge in [0, 0.05) is 16.3 Å². The smallest absolute Gasteiger partial charge is 0.0638 e. The molecule has 0 radical (unpaired) electrons. The van der Waals surface area contributed by atoms with Crippen LogP contribution < -0.4 is 5.73 Å². The molecule has 0 saturated carbocycles. The number of hydrogen-bond acceptors (Lipinski definition) is 3. The molecule has 0 aromatic carbocycles. The highest BCUT2D eigenvalue weighted by atomic mass is 32.2. The predicted octanol–water partition coefficient (Wildman–Crippen LogP) is 2.80. The van der Waals surface area contributed by atoms with E-state index >= 15 is 0 Å². The summed E-state index contributed by atoms with van der Waals surface area (Å²) in [5.41, 5.74) is 6.56. The zero-order chi connectivity index (χ0) is 9.84. The van der Waals surface area contributed by atoms with Gasteiger partial charge < -0.3 is 5.73 Å². The van der Waals surface area contributed by atoms with Gasteiger partial charge in [0.2, 0.25) is 0 Å². The molecule has 0 amide bonds.